The van der Waals surface area contributed by atoms with Gasteiger partial charge in [0.05, 0.1) is 10.7 Å². The Bertz CT molecular complexity index is 362. The minimum Gasteiger partial charge on any atom is -0.480 e. The molecule has 1 heterocycles. The lowest BCUT2D eigenvalue weighted by molar-refractivity contribution is -0.139. The third kappa shape index (κ3) is 3.00. The fraction of sp³-hybridized carbons (Fsp3) is 0.600. The fourth-order valence-electron chi connectivity index (χ4n) is 1.47. The molecular weight excluding hydrogens is 212 g/mol. The Hall–Kier alpha value is -0.940. The van der Waals surface area contributed by atoms with Crippen LogP contribution < -0.4 is 5.32 Å². The lowest BCUT2D eigenvalue weighted by Crippen LogP contribution is -2.35. The molecule has 1 rings (SSSR count). The fourth-order valence-corrected chi connectivity index (χ4v) is 2.39. The smallest absolute Gasteiger partial charge is 0.320 e. The van der Waals surface area contributed by atoms with Gasteiger partial charge in [0, 0.05) is 10.9 Å². The molecule has 2 unspecified atom stereocenters. The first-order chi connectivity index (χ1) is 6.91. The van der Waals surface area contributed by atoms with Gasteiger partial charge in [-0.15, -0.1) is 11.3 Å². The second-order valence-corrected chi connectivity index (χ2v) is 5.03. The van der Waals surface area contributed by atoms with Crippen molar-refractivity contribution in [3.8, 4) is 0 Å². The topological polar surface area (TPSA) is 62.2 Å². The summed E-state index contributed by atoms with van der Waals surface area (Å²) in [4.78, 5) is 16.2. The lowest BCUT2D eigenvalue weighted by atomic mass is 10.2. The Labute approximate surface area is 93.4 Å². The molecule has 0 radical (unpaired) electrons. The highest BCUT2D eigenvalue weighted by Crippen LogP contribution is 2.22. The molecule has 0 fully saturated rings. The Morgan fingerprint density at radius 1 is 1.47 bits per heavy atom. The molecule has 84 valence electrons. The number of carboxylic acids is 1. The molecule has 0 aliphatic rings. The van der Waals surface area contributed by atoms with Crippen LogP contribution >= 0.6 is 11.3 Å². The van der Waals surface area contributed by atoms with Crippen LogP contribution in [0.25, 0.3) is 0 Å². The molecule has 0 aliphatic heterocycles. The average Bonchev–Trinajstić information content (AvgIpc) is 2.44. The van der Waals surface area contributed by atoms with Crippen LogP contribution in [-0.2, 0) is 4.79 Å². The Kier molecular flexibility index (Phi) is 3.82. The number of hydrogen-bond donors (Lipinski definition) is 2. The SMILES string of the molecule is Cc1nc(C(C)NC(C)C(=O)O)c(C)s1. The number of rotatable bonds is 4. The zero-order chi connectivity index (χ0) is 11.6. The molecule has 1 aromatic rings. The summed E-state index contributed by atoms with van der Waals surface area (Å²) in [6.07, 6.45) is 0. The molecule has 0 aromatic carbocycles. The molecule has 0 spiro atoms. The lowest BCUT2D eigenvalue weighted by Gasteiger charge is -2.15. The van der Waals surface area contributed by atoms with Crippen molar-refractivity contribution in [2.45, 2.75) is 39.8 Å². The predicted molar refractivity (Wildman–Crippen MR) is 60.2 cm³/mol. The molecule has 5 heteroatoms. The van der Waals surface area contributed by atoms with Gasteiger partial charge in [0.2, 0.25) is 0 Å². The molecule has 15 heavy (non-hydrogen) atoms. The van der Waals surface area contributed by atoms with Crippen molar-refractivity contribution in [1.29, 1.82) is 0 Å². The van der Waals surface area contributed by atoms with E-state index in [9.17, 15) is 4.79 Å². The highest BCUT2D eigenvalue weighted by molar-refractivity contribution is 7.11. The number of aryl methyl sites for hydroxylation is 2. The molecule has 0 aliphatic carbocycles. The number of carboxylic acid groups (broad SMARTS) is 1. The quantitative estimate of drug-likeness (QED) is 0.826. The maximum atomic E-state index is 10.7. The normalized spacial score (nSPS) is 14.9. The molecular formula is C10H16N2O2S. The minimum atomic E-state index is -0.841. The molecule has 0 bridgehead atoms. The zero-order valence-corrected chi connectivity index (χ0v) is 10.2. The summed E-state index contributed by atoms with van der Waals surface area (Å²) in [5.74, 6) is -0.841. The molecule has 2 atom stereocenters. The van der Waals surface area contributed by atoms with Gasteiger partial charge in [0.15, 0.2) is 0 Å². The van der Waals surface area contributed by atoms with Gasteiger partial charge < -0.3 is 5.11 Å². The highest BCUT2D eigenvalue weighted by Gasteiger charge is 2.18. The van der Waals surface area contributed by atoms with Gasteiger partial charge in [-0.3, -0.25) is 10.1 Å². The molecule has 2 N–H and O–H groups in total. The second-order valence-electron chi connectivity index (χ2n) is 3.62. The van der Waals surface area contributed by atoms with Gasteiger partial charge in [-0.05, 0) is 27.7 Å². The third-order valence-corrected chi connectivity index (χ3v) is 3.12. The Balaban J connectivity index is 2.72. The number of nitrogens with one attached hydrogen (secondary N) is 1. The first-order valence-electron chi connectivity index (χ1n) is 4.84. The van der Waals surface area contributed by atoms with Crippen molar-refractivity contribution >= 4 is 17.3 Å². The van der Waals surface area contributed by atoms with Crippen LogP contribution in [0.4, 0.5) is 0 Å². The van der Waals surface area contributed by atoms with Crippen LogP contribution in [-0.4, -0.2) is 22.1 Å². The first kappa shape index (κ1) is 12.1. The van der Waals surface area contributed by atoms with Crippen LogP contribution in [0.1, 0.15) is 35.5 Å². The Morgan fingerprint density at radius 3 is 2.47 bits per heavy atom. The van der Waals surface area contributed by atoms with Gasteiger partial charge >= 0.3 is 5.97 Å². The van der Waals surface area contributed by atoms with E-state index in [1.54, 1.807) is 18.3 Å². The maximum absolute atomic E-state index is 10.7. The minimum absolute atomic E-state index is 0.0268. The van der Waals surface area contributed by atoms with Crippen molar-refractivity contribution in [3.05, 3.63) is 15.6 Å². The van der Waals surface area contributed by atoms with Crippen LogP contribution in [0.3, 0.4) is 0 Å². The summed E-state index contributed by atoms with van der Waals surface area (Å²) in [7, 11) is 0. The molecule has 4 nitrogen and oxygen atoms in total. The van der Waals surface area contributed by atoms with Gasteiger partial charge in [0.1, 0.15) is 6.04 Å². The van der Waals surface area contributed by atoms with Crippen LogP contribution in [0.15, 0.2) is 0 Å². The third-order valence-electron chi connectivity index (χ3n) is 2.22. The zero-order valence-electron chi connectivity index (χ0n) is 9.37. The van der Waals surface area contributed by atoms with Crippen LogP contribution in [0.5, 0.6) is 0 Å². The predicted octanol–water partition coefficient (Wildman–Crippen LogP) is 1.88. The molecule has 0 saturated heterocycles. The standard InChI is InChI=1S/C10H16N2O2S/c1-5(11-6(2)10(13)14)9-7(3)15-8(4)12-9/h5-6,11H,1-4H3,(H,13,14). The van der Waals surface area contributed by atoms with Gasteiger partial charge in [-0.1, -0.05) is 0 Å². The maximum Gasteiger partial charge on any atom is 0.320 e. The van der Waals surface area contributed by atoms with Crippen molar-refractivity contribution in [1.82, 2.24) is 10.3 Å². The van der Waals surface area contributed by atoms with Crippen LogP contribution in [0, 0.1) is 13.8 Å². The van der Waals surface area contributed by atoms with E-state index in [1.807, 2.05) is 20.8 Å². The van der Waals surface area contributed by atoms with Gasteiger partial charge in [-0.25, -0.2) is 4.98 Å². The second kappa shape index (κ2) is 4.72. The molecule has 1 aromatic heterocycles. The number of thiazole rings is 1. The van der Waals surface area contributed by atoms with Crippen molar-refractivity contribution in [2.75, 3.05) is 0 Å². The first-order valence-corrected chi connectivity index (χ1v) is 5.66. The largest absolute Gasteiger partial charge is 0.480 e. The van der Waals surface area contributed by atoms with Crippen molar-refractivity contribution < 1.29 is 9.90 Å². The van der Waals surface area contributed by atoms with E-state index in [2.05, 4.69) is 10.3 Å². The summed E-state index contributed by atoms with van der Waals surface area (Å²) in [5.41, 5.74) is 0.950. The number of aliphatic carboxylic acids is 1. The number of nitrogens with zero attached hydrogens (tertiary/aromatic N) is 1. The number of hydrogen-bond acceptors (Lipinski definition) is 4. The summed E-state index contributed by atoms with van der Waals surface area (Å²) >= 11 is 1.63. The molecule has 0 amide bonds. The molecule has 0 saturated carbocycles. The van der Waals surface area contributed by atoms with Crippen LogP contribution in [0.2, 0.25) is 0 Å². The number of aromatic nitrogens is 1. The average molecular weight is 228 g/mol. The summed E-state index contributed by atoms with van der Waals surface area (Å²) in [6, 6.07) is -0.581. The highest BCUT2D eigenvalue weighted by atomic mass is 32.1. The van der Waals surface area contributed by atoms with E-state index in [1.165, 1.54) is 0 Å². The van der Waals surface area contributed by atoms with Crippen molar-refractivity contribution in [2.24, 2.45) is 0 Å². The summed E-state index contributed by atoms with van der Waals surface area (Å²) in [6.45, 7) is 7.52. The van der Waals surface area contributed by atoms with E-state index < -0.39 is 12.0 Å². The van der Waals surface area contributed by atoms with E-state index >= 15 is 0 Å². The van der Waals surface area contributed by atoms with E-state index in [-0.39, 0.29) is 6.04 Å². The monoisotopic (exact) mass is 228 g/mol. The van der Waals surface area contributed by atoms with Crippen molar-refractivity contribution in [3.63, 3.8) is 0 Å². The van der Waals surface area contributed by atoms with E-state index in [0.29, 0.717) is 0 Å². The summed E-state index contributed by atoms with van der Waals surface area (Å²) in [5, 5.41) is 12.8. The van der Waals surface area contributed by atoms with Gasteiger partial charge in [-0.2, -0.15) is 0 Å². The van der Waals surface area contributed by atoms with E-state index in [4.69, 9.17) is 5.11 Å². The Morgan fingerprint density at radius 2 is 2.07 bits per heavy atom. The van der Waals surface area contributed by atoms with Gasteiger partial charge in [0.25, 0.3) is 0 Å². The summed E-state index contributed by atoms with van der Waals surface area (Å²) < 4.78 is 0. The van der Waals surface area contributed by atoms with E-state index in [0.717, 1.165) is 15.6 Å². The number of carbonyl (C=O) groups is 1.